The first-order chi connectivity index (χ1) is 8.15. The van der Waals surface area contributed by atoms with Crippen LogP contribution in [0.2, 0.25) is 0 Å². The lowest BCUT2D eigenvalue weighted by Crippen LogP contribution is -2.37. The zero-order valence-corrected chi connectivity index (χ0v) is 10.6. The Morgan fingerprint density at radius 3 is 2.88 bits per heavy atom. The van der Waals surface area contributed by atoms with E-state index in [0.717, 1.165) is 6.42 Å². The molecule has 1 amide bonds. The van der Waals surface area contributed by atoms with E-state index in [4.69, 9.17) is 5.73 Å². The Balaban J connectivity index is 2.30. The fourth-order valence-corrected chi connectivity index (χ4v) is 1.72. The number of nitrogens with two attached hydrogens (primary N) is 1. The first-order valence-corrected chi connectivity index (χ1v) is 6.12. The van der Waals surface area contributed by atoms with Crippen LogP contribution in [0.5, 0.6) is 0 Å². The molecule has 5 heteroatoms. The summed E-state index contributed by atoms with van der Waals surface area (Å²) in [5.74, 6) is 0.355. The van der Waals surface area contributed by atoms with Crippen molar-refractivity contribution in [3.63, 3.8) is 0 Å². The van der Waals surface area contributed by atoms with Gasteiger partial charge >= 0.3 is 0 Å². The quantitative estimate of drug-likeness (QED) is 0.736. The van der Waals surface area contributed by atoms with Crippen molar-refractivity contribution in [3.05, 3.63) is 18.5 Å². The van der Waals surface area contributed by atoms with Crippen molar-refractivity contribution in [2.75, 3.05) is 6.54 Å². The molecule has 0 aromatic carbocycles. The lowest BCUT2D eigenvalue weighted by molar-refractivity contribution is -0.122. The third-order valence-corrected chi connectivity index (χ3v) is 2.81. The Kier molecular flexibility index (Phi) is 5.69. The molecule has 2 unspecified atom stereocenters. The Hall–Kier alpha value is -1.36. The first kappa shape index (κ1) is 13.7. The molecular formula is C12H22N4O. The van der Waals surface area contributed by atoms with Crippen LogP contribution >= 0.6 is 0 Å². The number of carbonyl (C=O) groups excluding carboxylic acids is 1. The van der Waals surface area contributed by atoms with Gasteiger partial charge in [-0.2, -0.15) is 5.10 Å². The van der Waals surface area contributed by atoms with Crippen molar-refractivity contribution in [2.24, 2.45) is 11.7 Å². The lowest BCUT2D eigenvalue weighted by Gasteiger charge is -2.16. The third-order valence-electron chi connectivity index (χ3n) is 2.81. The Bertz CT molecular complexity index is 319. The molecule has 3 N–H and O–H groups in total. The Labute approximate surface area is 102 Å². The van der Waals surface area contributed by atoms with E-state index < -0.39 is 0 Å². The third kappa shape index (κ3) is 4.99. The molecule has 0 aliphatic carbocycles. The zero-order valence-electron chi connectivity index (χ0n) is 10.6. The summed E-state index contributed by atoms with van der Waals surface area (Å²) in [6.07, 6.45) is 5.07. The van der Waals surface area contributed by atoms with Gasteiger partial charge in [0.2, 0.25) is 5.91 Å². The van der Waals surface area contributed by atoms with Gasteiger partial charge in [0, 0.05) is 24.9 Å². The Morgan fingerprint density at radius 2 is 2.35 bits per heavy atom. The van der Waals surface area contributed by atoms with E-state index in [1.54, 1.807) is 6.20 Å². The van der Waals surface area contributed by atoms with Crippen LogP contribution in [-0.4, -0.2) is 28.3 Å². The van der Waals surface area contributed by atoms with Crippen molar-refractivity contribution in [2.45, 2.75) is 39.3 Å². The average Bonchev–Trinajstić information content (AvgIpc) is 2.78. The molecular weight excluding hydrogens is 216 g/mol. The highest BCUT2D eigenvalue weighted by molar-refractivity contribution is 5.76. The van der Waals surface area contributed by atoms with Gasteiger partial charge in [-0.1, -0.05) is 13.3 Å². The maximum atomic E-state index is 11.7. The van der Waals surface area contributed by atoms with E-state index in [1.165, 1.54) is 0 Å². The summed E-state index contributed by atoms with van der Waals surface area (Å²) in [6.45, 7) is 5.29. The molecule has 0 saturated heterocycles. The number of aromatic nitrogens is 2. The van der Waals surface area contributed by atoms with E-state index in [0.29, 0.717) is 19.5 Å². The zero-order chi connectivity index (χ0) is 12.7. The molecule has 1 heterocycles. The number of carbonyl (C=O) groups is 1. The highest BCUT2D eigenvalue weighted by atomic mass is 16.1. The van der Waals surface area contributed by atoms with Crippen LogP contribution in [0.3, 0.4) is 0 Å². The minimum atomic E-state index is 0.0713. The molecule has 96 valence electrons. The molecule has 5 nitrogen and oxygen atoms in total. The summed E-state index contributed by atoms with van der Waals surface area (Å²) in [6, 6.07) is 1.95. The number of hydrogen-bond donors (Lipinski definition) is 2. The molecule has 1 aromatic heterocycles. The predicted octanol–water partition coefficient (Wildman–Crippen LogP) is 0.763. The van der Waals surface area contributed by atoms with Crippen molar-refractivity contribution in [1.29, 1.82) is 0 Å². The van der Waals surface area contributed by atoms with Gasteiger partial charge in [0.05, 0.1) is 6.54 Å². The van der Waals surface area contributed by atoms with Gasteiger partial charge in [-0.15, -0.1) is 0 Å². The minimum absolute atomic E-state index is 0.0713. The molecule has 0 aliphatic rings. The molecule has 0 spiro atoms. The van der Waals surface area contributed by atoms with Crippen LogP contribution in [0.1, 0.15) is 26.7 Å². The van der Waals surface area contributed by atoms with Gasteiger partial charge in [0.1, 0.15) is 0 Å². The molecule has 0 radical (unpaired) electrons. The summed E-state index contributed by atoms with van der Waals surface area (Å²) in [4.78, 5) is 11.7. The van der Waals surface area contributed by atoms with Crippen LogP contribution in [0.15, 0.2) is 18.5 Å². The van der Waals surface area contributed by atoms with Crippen molar-refractivity contribution in [3.8, 4) is 0 Å². The summed E-state index contributed by atoms with van der Waals surface area (Å²) in [5, 5.41) is 7.06. The number of nitrogens with zero attached hydrogens (tertiary/aromatic N) is 2. The number of nitrogens with one attached hydrogen (secondary N) is 1. The second kappa shape index (κ2) is 7.06. The molecule has 0 bridgehead atoms. The van der Waals surface area contributed by atoms with E-state index in [1.807, 2.05) is 23.9 Å². The Morgan fingerprint density at radius 1 is 1.59 bits per heavy atom. The number of amides is 1. The van der Waals surface area contributed by atoms with Crippen LogP contribution < -0.4 is 11.1 Å². The van der Waals surface area contributed by atoms with Crippen molar-refractivity contribution < 1.29 is 4.79 Å². The van der Waals surface area contributed by atoms with Gasteiger partial charge in [-0.05, 0) is 25.5 Å². The molecule has 1 aromatic rings. The van der Waals surface area contributed by atoms with Crippen molar-refractivity contribution in [1.82, 2.24) is 15.1 Å². The van der Waals surface area contributed by atoms with E-state index >= 15 is 0 Å². The van der Waals surface area contributed by atoms with Crippen LogP contribution in [-0.2, 0) is 11.3 Å². The van der Waals surface area contributed by atoms with Crippen LogP contribution in [0, 0.1) is 5.92 Å². The second-order valence-electron chi connectivity index (χ2n) is 4.41. The van der Waals surface area contributed by atoms with Crippen LogP contribution in [0.4, 0.5) is 0 Å². The fourth-order valence-electron chi connectivity index (χ4n) is 1.72. The van der Waals surface area contributed by atoms with Gasteiger partial charge in [0.15, 0.2) is 0 Å². The topological polar surface area (TPSA) is 72.9 Å². The second-order valence-corrected chi connectivity index (χ2v) is 4.41. The highest BCUT2D eigenvalue weighted by Gasteiger charge is 2.12. The minimum Gasteiger partial charge on any atom is -0.352 e. The standard InChI is InChI=1S/C12H22N4O/c1-3-11(8-13)7-12(17)15-10(2)9-16-6-4-5-14-16/h4-6,10-11H,3,7-9,13H2,1-2H3,(H,15,17). The summed E-state index contributed by atoms with van der Waals surface area (Å²) < 4.78 is 1.81. The van der Waals surface area contributed by atoms with Gasteiger partial charge in [0.25, 0.3) is 0 Å². The maximum Gasteiger partial charge on any atom is 0.220 e. The summed E-state index contributed by atoms with van der Waals surface area (Å²) in [5.41, 5.74) is 5.58. The maximum absolute atomic E-state index is 11.7. The smallest absolute Gasteiger partial charge is 0.220 e. The van der Waals surface area contributed by atoms with Crippen molar-refractivity contribution >= 4 is 5.91 Å². The van der Waals surface area contributed by atoms with Gasteiger partial charge < -0.3 is 11.1 Å². The highest BCUT2D eigenvalue weighted by Crippen LogP contribution is 2.05. The summed E-state index contributed by atoms with van der Waals surface area (Å²) >= 11 is 0. The SMILES string of the molecule is CCC(CN)CC(=O)NC(C)Cn1cccn1. The molecule has 0 fully saturated rings. The monoisotopic (exact) mass is 238 g/mol. The molecule has 1 rings (SSSR count). The van der Waals surface area contributed by atoms with Crippen LogP contribution in [0.25, 0.3) is 0 Å². The number of hydrogen-bond acceptors (Lipinski definition) is 3. The van der Waals surface area contributed by atoms with E-state index in [9.17, 15) is 4.79 Å². The first-order valence-electron chi connectivity index (χ1n) is 6.12. The summed E-state index contributed by atoms with van der Waals surface area (Å²) in [7, 11) is 0. The lowest BCUT2D eigenvalue weighted by atomic mass is 10.0. The predicted molar refractivity (Wildman–Crippen MR) is 67.3 cm³/mol. The molecule has 17 heavy (non-hydrogen) atoms. The molecule has 0 aliphatic heterocycles. The van der Waals surface area contributed by atoms with Gasteiger partial charge in [-0.3, -0.25) is 9.48 Å². The molecule has 0 saturated carbocycles. The normalized spacial score (nSPS) is 14.3. The largest absolute Gasteiger partial charge is 0.352 e. The fraction of sp³-hybridized carbons (Fsp3) is 0.667. The van der Waals surface area contributed by atoms with Gasteiger partial charge in [-0.25, -0.2) is 0 Å². The molecule has 2 atom stereocenters. The average molecular weight is 238 g/mol. The van der Waals surface area contributed by atoms with E-state index in [-0.39, 0.29) is 17.9 Å². The van der Waals surface area contributed by atoms with E-state index in [2.05, 4.69) is 17.3 Å². The number of rotatable bonds is 7.